The fraction of sp³-hybridized carbons (Fsp3) is 0.440. The van der Waals surface area contributed by atoms with Gasteiger partial charge in [0.15, 0.2) is 5.13 Å². The van der Waals surface area contributed by atoms with E-state index in [2.05, 4.69) is 29.3 Å². The van der Waals surface area contributed by atoms with Crippen LogP contribution in [0.5, 0.6) is 0 Å². The molecule has 0 bridgehead atoms. The van der Waals surface area contributed by atoms with E-state index in [1.807, 2.05) is 30.3 Å². The second kappa shape index (κ2) is 10.6. The summed E-state index contributed by atoms with van der Waals surface area (Å²) in [5.41, 5.74) is 3.19. The van der Waals surface area contributed by atoms with Crippen LogP contribution in [0.1, 0.15) is 43.7 Å². The highest BCUT2D eigenvalue weighted by molar-refractivity contribution is 7.22. The van der Waals surface area contributed by atoms with Gasteiger partial charge in [0.2, 0.25) is 0 Å². The molecule has 0 amide bonds. The largest absolute Gasteiger partial charge is 0.469 e. The quantitative estimate of drug-likeness (QED) is 0.412. The number of fused-ring (bicyclic) bond motifs is 1. The Morgan fingerprint density at radius 2 is 2.12 bits per heavy atom. The highest BCUT2D eigenvalue weighted by Crippen LogP contribution is 2.36. The van der Waals surface area contributed by atoms with Gasteiger partial charge < -0.3 is 15.0 Å². The van der Waals surface area contributed by atoms with Crippen molar-refractivity contribution in [1.29, 1.82) is 0 Å². The Bertz CT molecular complexity index is 1070. The predicted molar refractivity (Wildman–Crippen MR) is 133 cm³/mol. The Balaban J connectivity index is 1.46. The fourth-order valence-electron chi connectivity index (χ4n) is 4.45. The summed E-state index contributed by atoms with van der Waals surface area (Å²) in [5, 5.41) is 5.64. The molecule has 1 fully saturated rings. The number of halogens is 1. The molecule has 2 aromatic carbocycles. The number of hydrogen-bond acceptors (Lipinski definition) is 6. The number of carbonyl (C=O) groups is 1. The van der Waals surface area contributed by atoms with Crippen molar-refractivity contribution in [3.8, 4) is 0 Å². The summed E-state index contributed by atoms with van der Waals surface area (Å²) < 4.78 is 5.94. The molecule has 1 aliphatic rings. The number of methoxy groups -OCH3 is 1. The van der Waals surface area contributed by atoms with Gasteiger partial charge in [0.05, 0.1) is 23.7 Å². The molecule has 1 saturated heterocycles. The lowest BCUT2D eigenvalue weighted by Crippen LogP contribution is -2.42. The van der Waals surface area contributed by atoms with Crippen molar-refractivity contribution in [3.63, 3.8) is 0 Å². The van der Waals surface area contributed by atoms with Gasteiger partial charge >= 0.3 is 5.97 Å². The van der Waals surface area contributed by atoms with Crippen LogP contribution < -0.4 is 10.2 Å². The predicted octanol–water partition coefficient (Wildman–Crippen LogP) is 5.59. The molecule has 2 unspecified atom stereocenters. The number of benzene rings is 2. The molecule has 4 rings (SSSR count). The number of unbranched alkanes of at least 4 members (excludes halogenated alkanes) is 1. The van der Waals surface area contributed by atoms with Gasteiger partial charge in [-0.3, -0.25) is 4.79 Å². The van der Waals surface area contributed by atoms with Crippen LogP contribution in [0.25, 0.3) is 10.2 Å². The van der Waals surface area contributed by atoms with Crippen LogP contribution in [-0.4, -0.2) is 36.7 Å². The third-order valence-electron chi connectivity index (χ3n) is 6.12. The number of nitrogens with one attached hydrogen (secondary N) is 1. The minimum absolute atomic E-state index is 0.210. The molecule has 32 heavy (non-hydrogen) atoms. The molecule has 2 atom stereocenters. The van der Waals surface area contributed by atoms with Crippen molar-refractivity contribution in [2.45, 2.75) is 57.7 Å². The SMILES string of the molecule is CCCCC1C(NCc2cccc(CC(=O)OC)c2)CCN1c1nc2ccc(Cl)cc2s1. The molecule has 0 radical (unpaired) electrons. The molecule has 3 aromatic rings. The smallest absolute Gasteiger partial charge is 0.309 e. The molecule has 1 aliphatic heterocycles. The Hall–Kier alpha value is -2.15. The monoisotopic (exact) mass is 471 g/mol. The molecule has 0 aliphatic carbocycles. The third kappa shape index (κ3) is 5.42. The zero-order valence-corrected chi connectivity index (χ0v) is 20.2. The molecule has 7 heteroatoms. The highest BCUT2D eigenvalue weighted by Gasteiger charge is 2.35. The number of ether oxygens (including phenoxy) is 1. The summed E-state index contributed by atoms with van der Waals surface area (Å²) in [4.78, 5) is 19.0. The average molecular weight is 472 g/mol. The lowest BCUT2D eigenvalue weighted by atomic mass is 10.0. The van der Waals surface area contributed by atoms with Crippen LogP contribution in [-0.2, 0) is 22.5 Å². The summed E-state index contributed by atoms with van der Waals surface area (Å²) in [7, 11) is 1.43. The van der Waals surface area contributed by atoms with Gasteiger partial charge in [-0.25, -0.2) is 4.98 Å². The molecule has 1 N–H and O–H groups in total. The first kappa shape index (κ1) is 23.0. The summed E-state index contributed by atoms with van der Waals surface area (Å²) in [6.45, 7) is 4.03. The number of rotatable bonds is 9. The van der Waals surface area contributed by atoms with Crippen LogP contribution >= 0.6 is 22.9 Å². The zero-order valence-electron chi connectivity index (χ0n) is 18.6. The number of carbonyl (C=O) groups excluding carboxylic acids is 1. The Labute approximate surface area is 198 Å². The second-order valence-corrected chi connectivity index (χ2v) is 9.81. The normalized spacial score (nSPS) is 18.4. The van der Waals surface area contributed by atoms with Gasteiger partial charge in [0, 0.05) is 30.2 Å². The maximum atomic E-state index is 11.6. The molecule has 170 valence electrons. The molecular weight excluding hydrogens is 442 g/mol. The van der Waals surface area contributed by atoms with E-state index >= 15 is 0 Å². The van der Waals surface area contributed by atoms with E-state index in [1.165, 1.54) is 25.5 Å². The number of aromatic nitrogens is 1. The van der Waals surface area contributed by atoms with E-state index in [4.69, 9.17) is 21.3 Å². The number of hydrogen-bond donors (Lipinski definition) is 1. The molecule has 2 heterocycles. The van der Waals surface area contributed by atoms with E-state index in [-0.39, 0.29) is 5.97 Å². The van der Waals surface area contributed by atoms with E-state index in [9.17, 15) is 4.79 Å². The lowest BCUT2D eigenvalue weighted by Gasteiger charge is -2.28. The molecule has 0 saturated carbocycles. The lowest BCUT2D eigenvalue weighted by molar-refractivity contribution is -0.139. The van der Waals surface area contributed by atoms with Crippen LogP contribution in [0.4, 0.5) is 5.13 Å². The molecule has 5 nitrogen and oxygen atoms in total. The standard InChI is InChI=1S/C25H30ClN3O2S/c1-3-4-8-22-20(27-16-18-7-5-6-17(13-18)14-24(30)31-2)11-12-29(22)25-28-21-10-9-19(26)15-23(21)32-25/h5-7,9-10,13,15,20,22,27H,3-4,8,11-12,14,16H2,1-2H3. The Morgan fingerprint density at radius 1 is 1.28 bits per heavy atom. The first-order valence-electron chi connectivity index (χ1n) is 11.3. The number of nitrogens with zero attached hydrogens (tertiary/aromatic N) is 2. The summed E-state index contributed by atoms with van der Waals surface area (Å²) in [5.74, 6) is -0.210. The van der Waals surface area contributed by atoms with Gasteiger partial charge in [-0.1, -0.05) is 67.0 Å². The Morgan fingerprint density at radius 3 is 2.94 bits per heavy atom. The van der Waals surface area contributed by atoms with Crippen molar-refractivity contribution in [2.24, 2.45) is 0 Å². The third-order valence-corrected chi connectivity index (χ3v) is 7.41. The van der Waals surface area contributed by atoms with E-state index < -0.39 is 0 Å². The summed E-state index contributed by atoms with van der Waals surface area (Å²) >= 11 is 7.92. The van der Waals surface area contributed by atoms with Gasteiger partial charge in [-0.2, -0.15) is 0 Å². The van der Waals surface area contributed by atoms with Crippen LogP contribution in [0.15, 0.2) is 42.5 Å². The van der Waals surface area contributed by atoms with Crippen molar-refractivity contribution in [1.82, 2.24) is 10.3 Å². The van der Waals surface area contributed by atoms with Crippen LogP contribution in [0, 0.1) is 0 Å². The van der Waals surface area contributed by atoms with Gasteiger partial charge in [0.1, 0.15) is 0 Å². The topological polar surface area (TPSA) is 54.5 Å². The van der Waals surface area contributed by atoms with E-state index in [1.54, 1.807) is 11.3 Å². The van der Waals surface area contributed by atoms with Crippen molar-refractivity contribution >= 4 is 44.3 Å². The van der Waals surface area contributed by atoms with Crippen LogP contribution in [0.2, 0.25) is 5.02 Å². The number of thiazole rings is 1. The average Bonchev–Trinajstić information content (AvgIpc) is 3.39. The summed E-state index contributed by atoms with van der Waals surface area (Å²) in [6, 6.07) is 14.9. The number of anilines is 1. The maximum Gasteiger partial charge on any atom is 0.309 e. The molecule has 0 spiro atoms. The highest BCUT2D eigenvalue weighted by atomic mass is 35.5. The molecule has 1 aromatic heterocycles. The summed E-state index contributed by atoms with van der Waals surface area (Å²) in [6.07, 6.45) is 4.93. The van der Waals surface area contributed by atoms with Crippen LogP contribution in [0.3, 0.4) is 0 Å². The number of esters is 1. The van der Waals surface area contributed by atoms with Crippen molar-refractivity contribution in [3.05, 3.63) is 58.6 Å². The maximum absolute atomic E-state index is 11.6. The minimum atomic E-state index is -0.210. The van der Waals surface area contributed by atoms with Gasteiger partial charge in [-0.05, 0) is 42.2 Å². The van der Waals surface area contributed by atoms with E-state index in [0.29, 0.717) is 18.5 Å². The fourth-order valence-corrected chi connectivity index (χ4v) is 5.77. The van der Waals surface area contributed by atoms with Gasteiger partial charge in [-0.15, -0.1) is 0 Å². The van der Waals surface area contributed by atoms with Crippen molar-refractivity contribution < 1.29 is 9.53 Å². The minimum Gasteiger partial charge on any atom is -0.469 e. The Kier molecular flexibility index (Phi) is 7.66. The van der Waals surface area contributed by atoms with Crippen molar-refractivity contribution in [2.75, 3.05) is 18.6 Å². The molecular formula is C25H30ClN3O2S. The zero-order chi connectivity index (χ0) is 22.5. The first-order chi connectivity index (χ1) is 15.6. The first-order valence-corrected chi connectivity index (χ1v) is 12.5. The van der Waals surface area contributed by atoms with E-state index in [0.717, 1.165) is 51.9 Å². The second-order valence-electron chi connectivity index (χ2n) is 8.36. The van der Waals surface area contributed by atoms with Gasteiger partial charge in [0.25, 0.3) is 0 Å².